The molecule has 0 unspecified atom stereocenters. The maximum atomic E-state index is 12.4. The van der Waals surface area contributed by atoms with E-state index in [0.717, 1.165) is 16.6 Å². The van der Waals surface area contributed by atoms with Crippen LogP contribution in [0.4, 0.5) is 13.2 Å². The molecule has 0 bridgehead atoms. The summed E-state index contributed by atoms with van der Waals surface area (Å²) in [5, 5.41) is 0.636. The number of halogens is 4. The van der Waals surface area contributed by atoms with E-state index < -0.39 is 6.36 Å². The molecule has 0 atom stereocenters. The zero-order valence-corrected chi connectivity index (χ0v) is 15.2. The largest absolute Gasteiger partial charge is 0.573 e. The number of alkyl halides is 3. The van der Waals surface area contributed by atoms with Gasteiger partial charge in [0.2, 0.25) is 0 Å². The number of hydrogen-bond donors (Lipinski definition) is 0. The highest BCUT2D eigenvalue weighted by Gasteiger charge is 2.31. The van der Waals surface area contributed by atoms with Crippen LogP contribution >= 0.6 is 11.6 Å². The molecule has 0 fully saturated rings. The quantitative estimate of drug-likeness (QED) is 0.400. The summed E-state index contributed by atoms with van der Waals surface area (Å²) < 4.78 is 43.1. The van der Waals surface area contributed by atoms with Gasteiger partial charge in [-0.3, -0.25) is 0 Å². The Kier molecular flexibility index (Phi) is 4.73. The van der Waals surface area contributed by atoms with E-state index in [1.54, 1.807) is 18.2 Å². The zero-order valence-electron chi connectivity index (χ0n) is 14.4. The molecule has 0 radical (unpaired) electrons. The first kappa shape index (κ1) is 18.4. The van der Waals surface area contributed by atoms with Crippen LogP contribution in [0, 0.1) is 0 Å². The molecule has 3 aromatic carbocycles. The number of benzene rings is 3. The molecule has 28 heavy (non-hydrogen) atoms. The highest BCUT2D eigenvalue weighted by atomic mass is 35.5. The highest BCUT2D eigenvalue weighted by Crippen LogP contribution is 2.29. The van der Waals surface area contributed by atoms with E-state index in [2.05, 4.69) is 9.72 Å². The predicted molar refractivity (Wildman–Crippen MR) is 102 cm³/mol. The number of fused-ring (bicyclic) bond motifs is 1. The van der Waals surface area contributed by atoms with Crippen molar-refractivity contribution in [2.24, 2.45) is 0 Å². The Balaban J connectivity index is 1.76. The van der Waals surface area contributed by atoms with Gasteiger partial charge in [0, 0.05) is 17.1 Å². The number of nitrogens with zero attached hydrogens (tertiary/aromatic N) is 2. The Morgan fingerprint density at radius 2 is 1.68 bits per heavy atom. The summed E-state index contributed by atoms with van der Waals surface area (Å²) in [6, 6.07) is 20.9. The van der Waals surface area contributed by atoms with E-state index in [9.17, 15) is 13.2 Å². The van der Waals surface area contributed by atoms with Crippen LogP contribution < -0.4 is 4.74 Å². The maximum Gasteiger partial charge on any atom is 0.573 e. The van der Waals surface area contributed by atoms with Crippen molar-refractivity contribution in [1.29, 1.82) is 0 Å². The van der Waals surface area contributed by atoms with Crippen LogP contribution in [-0.4, -0.2) is 15.9 Å². The normalized spacial score (nSPS) is 11.7. The van der Waals surface area contributed by atoms with Gasteiger partial charge in [-0.15, -0.1) is 13.2 Å². The van der Waals surface area contributed by atoms with Crippen molar-refractivity contribution >= 4 is 22.6 Å². The molecule has 0 spiro atoms. The summed E-state index contributed by atoms with van der Waals surface area (Å²) in [6.07, 6.45) is -4.72. The van der Waals surface area contributed by atoms with E-state index in [1.807, 2.05) is 47.0 Å². The summed E-state index contributed by atoms with van der Waals surface area (Å²) >= 11 is 6.10. The lowest BCUT2D eigenvalue weighted by Gasteiger charge is -2.11. The van der Waals surface area contributed by atoms with E-state index in [1.165, 1.54) is 12.1 Å². The lowest BCUT2D eigenvalue weighted by molar-refractivity contribution is -0.274. The minimum Gasteiger partial charge on any atom is -0.406 e. The van der Waals surface area contributed by atoms with Crippen molar-refractivity contribution in [3.8, 4) is 17.1 Å². The molecule has 4 rings (SSSR count). The molecular weight excluding hydrogens is 389 g/mol. The monoisotopic (exact) mass is 402 g/mol. The van der Waals surface area contributed by atoms with E-state index in [0.29, 0.717) is 23.0 Å². The van der Waals surface area contributed by atoms with Gasteiger partial charge in [-0.1, -0.05) is 35.9 Å². The molecule has 0 saturated carbocycles. The van der Waals surface area contributed by atoms with Gasteiger partial charge in [0.25, 0.3) is 0 Å². The smallest absolute Gasteiger partial charge is 0.406 e. The molecule has 3 nitrogen and oxygen atoms in total. The van der Waals surface area contributed by atoms with Crippen LogP contribution in [0.5, 0.6) is 5.75 Å². The molecule has 0 saturated heterocycles. The summed E-state index contributed by atoms with van der Waals surface area (Å²) in [6.45, 7) is 0.525. The maximum absolute atomic E-state index is 12.4. The number of ether oxygens (including phenoxy) is 1. The number of hydrogen-bond acceptors (Lipinski definition) is 2. The van der Waals surface area contributed by atoms with Crippen LogP contribution in [-0.2, 0) is 6.54 Å². The van der Waals surface area contributed by atoms with Gasteiger partial charge < -0.3 is 9.30 Å². The summed E-state index contributed by atoms with van der Waals surface area (Å²) in [5.74, 6) is 0.383. The van der Waals surface area contributed by atoms with Gasteiger partial charge in [-0.05, 0) is 54.1 Å². The second-order valence-corrected chi connectivity index (χ2v) is 6.65. The molecule has 0 aliphatic heterocycles. The highest BCUT2D eigenvalue weighted by molar-refractivity contribution is 6.30. The van der Waals surface area contributed by atoms with Crippen molar-refractivity contribution < 1.29 is 17.9 Å². The molecule has 1 aromatic heterocycles. The molecule has 4 aromatic rings. The van der Waals surface area contributed by atoms with Gasteiger partial charge >= 0.3 is 6.36 Å². The first-order valence-electron chi connectivity index (χ1n) is 8.45. The minimum atomic E-state index is -4.72. The number of rotatable bonds is 4. The Labute approximate surface area is 164 Å². The third-order valence-electron chi connectivity index (χ3n) is 4.23. The van der Waals surface area contributed by atoms with Gasteiger partial charge in [-0.25, -0.2) is 4.98 Å². The second kappa shape index (κ2) is 7.20. The standard InChI is InChI=1S/C21H14ClF3N2O/c22-16-5-3-4-14(12-16)13-27-19-7-2-1-6-18(19)26-20(27)15-8-10-17(11-9-15)28-21(23,24)25/h1-12H,13H2. The number of aromatic nitrogens is 2. The van der Waals surface area contributed by atoms with Crippen molar-refractivity contribution in [1.82, 2.24) is 9.55 Å². The Bertz CT molecular complexity index is 1120. The lowest BCUT2D eigenvalue weighted by Crippen LogP contribution is -2.16. The van der Waals surface area contributed by atoms with Crippen LogP contribution in [0.1, 0.15) is 5.56 Å². The average molecular weight is 403 g/mol. The average Bonchev–Trinajstić information content (AvgIpc) is 3.00. The molecule has 142 valence electrons. The second-order valence-electron chi connectivity index (χ2n) is 6.21. The van der Waals surface area contributed by atoms with Crippen LogP contribution in [0.25, 0.3) is 22.4 Å². The first-order chi connectivity index (χ1) is 13.4. The molecule has 7 heteroatoms. The van der Waals surface area contributed by atoms with Gasteiger partial charge in [0.05, 0.1) is 11.0 Å². The Morgan fingerprint density at radius 3 is 2.39 bits per heavy atom. The SMILES string of the molecule is FC(F)(F)Oc1ccc(-c2nc3ccccc3n2Cc2cccc(Cl)c2)cc1. The van der Waals surface area contributed by atoms with Crippen LogP contribution in [0.2, 0.25) is 5.02 Å². The zero-order chi connectivity index (χ0) is 19.7. The summed E-state index contributed by atoms with van der Waals surface area (Å²) in [5.41, 5.74) is 3.41. The molecule has 0 aliphatic carbocycles. The fourth-order valence-corrected chi connectivity index (χ4v) is 3.29. The molecule has 0 N–H and O–H groups in total. The van der Waals surface area contributed by atoms with Gasteiger partial charge in [0.1, 0.15) is 11.6 Å². The minimum absolute atomic E-state index is 0.270. The van der Waals surface area contributed by atoms with Crippen LogP contribution in [0.3, 0.4) is 0 Å². The number of imidazole rings is 1. The molecular formula is C21H14ClF3N2O. The van der Waals surface area contributed by atoms with Crippen LogP contribution in [0.15, 0.2) is 72.8 Å². The van der Waals surface area contributed by atoms with Crippen molar-refractivity contribution in [2.75, 3.05) is 0 Å². The number of para-hydroxylation sites is 2. The van der Waals surface area contributed by atoms with Gasteiger partial charge in [0.15, 0.2) is 0 Å². The first-order valence-corrected chi connectivity index (χ1v) is 8.83. The third-order valence-corrected chi connectivity index (χ3v) is 4.47. The molecule has 1 heterocycles. The van der Waals surface area contributed by atoms with Gasteiger partial charge in [-0.2, -0.15) is 0 Å². The summed E-state index contributed by atoms with van der Waals surface area (Å²) in [4.78, 5) is 4.67. The summed E-state index contributed by atoms with van der Waals surface area (Å²) in [7, 11) is 0. The topological polar surface area (TPSA) is 27.1 Å². The molecule has 0 amide bonds. The van der Waals surface area contributed by atoms with E-state index in [4.69, 9.17) is 11.6 Å². The Morgan fingerprint density at radius 1 is 0.929 bits per heavy atom. The predicted octanol–water partition coefficient (Wildman–Crippen LogP) is 6.30. The van der Waals surface area contributed by atoms with Crippen molar-refractivity contribution in [3.05, 3.63) is 83.4 Å². The Hall–Kier alpha value is -2.99. The third kappa shape index (κ3) is 3.97. The fourth-order valence-electron chi connectivity index (χ4n) is 3.08. The lowest BCUT2D eigenvalue weighted by atomic mass is 10.2. The van der Waals surface area contributed by atoms with Crippen molar-refractivity contribution in [3.63, 3.8) is 0 Å². The fraction of sp³-hybridized carbons (Fsp3) is 0.0952. The molecule has 0 aliphatic rings. The van der Waals surface area contributed by atoms with E-state index in [-0.39, 0.29) is 5.75 Å². The van der Waals surface area contributed by atoms with E-state index >= 15 is 0 Å². The van der Waals surface area contributed by atoms with Crippen molar-refractivity contribution in [2.45, 2.75) is 12.9 Å².